The molecule has 0 spiro atoms. The Hall–Kier alpha value is -0.120. The summed E-state index contributed by atoms with van der Waals surface area (Å²) in [5, 5.41) is 27.6. The van der Waals surface area contributed by atoms with Crippen molar-refractivity contribution in [1.29, 1.82) is 0 Å². The topological polar surface area (TPSA) is 60.7 Å². The first-order valence-corrected chi connectivity index (χ1v) is 4.56. The molecule has 1 rings (SSSR count). The molecule has 72 valence electrons. The van der Waals surface area contributed by atoms with Gasteiger partial charge in [-0.05, 0) is 32.1 Å². The van der Waals surface area contributed by atoms with Gasteiger partial charge in [-0.25, -0.2) is 0 Å². The Morgan fingerprint density at radius 1 is 1.42 bits per heavy atom. The minimum Gasteiger partial charge on any atom is -0.396 e. The first kappa shape index (κ1) is 9.96. The van der Waals surface area contributed by atoms with Gasteiger partial charge >= 0.3 is 0 Å². The third kappa shape index (κ3) is 1.79. The van der Waals surface area contributed by atoms with Gasteiger partial charge in [-0.2, -0.15) is 0 Å². The van der Waals surface area contributed by atoms with Gasteiger partial charge in [-0.3, -0.25) is 0 Å². The maximum absolute atomic E-state index is 9.81. The van der Waals surface area contributed by atoms with Crippen molar-refractivity contribution >= 4 is 0 Å². The van der Waals surface area contributed by atoms with Crippen molar-refractivity contribution in [2.45, 2.75) is 31.8 Å². The summed E-state index contributed by atoms with van der Waals surface area (Å²) >= 11 is 0. The van der Waals surface area contributed by atoms with Gasteiger partial charge in [0.25, 0.3) is 0 Å². The van der Waals surface area contributed by atoms with Crippen LogP contribution in [0.2, 0.25) is 0 Å². The normalized spacial score (nSPS) is 42.0. The molecule has 1 fully saturated rings. The Kier molecular flexibility index (Phi) is 3.09. The zero-order chi connectivity index (χ0) is 9.19. The number of hydrogen-bond donors (Lipinski definition) is 3. The second kappa shape index (κ2) is 3.73. The molecule has 0 aromatic heterocycles. The number of hydrogen-bond acceptors (Lipinski definition) is 3. The molecule has 1 aliphatic rings. The van der Waals surface area contributed by atoms with Crippen molar-refractivity contribution in [2.75, 3.05) is 13.2 Å². The van der Waals surface area contributed by atoms with Crippen LogP contribution in [-0.2, 0) is 0 Å². The second-order valence-corrected chi connectivity index (χ2v) is 3.96. The van der Waals surface area contributed by atoms with Crippen molar-refractivity contribution in [3.8, 4) is 0 Å². The van der Waals surface area contributed by atoms with E-state index in [4.69, 9.17) is 10.2 Å². The molecule has 1 saturated carbocycles. The summed E-state index contributed by atoms with van der Waals surface area (Å²) in [6.07, 6.45) is 2.35. The quantitative estimate of drug-likeness (QED) is 0.570. The lowest BCUT2D eigenvalue weighted by atomic mass is 9.86. The van der Waals surface area contributed by atoms with Gasteiger partial charge in [0.2, 0.25) is 0 Å². The molecule has 0 heterocycles. The molecule has 0 aliphatic heterocycles. The van der Waals surface area contributed by atoms with E-state index in [1.807, 2.05) is 0 Å². The van der Waals surface area contributed by atoms with Crippen LogP contribution in [0.3, 0.4) is 0 Å². The van der Waals surface area contributed by atoms with Gasteiger partial charge in [-0.1, -0.05) is 0 Å². The highest BCUT2D eigenvalue weighted by atomic mass is 16.3. The van der Waals surface area contributed by atoms with E-state index < -0.39 is 5.60 Å². The Labute approximate surface area is 73.0 Å². The van der Waals surface area contributed by atoms with E-state index in [2.05, 4.69) is 0 Å². The van der Waals surface area contributed by atoms with E-state index in [0.29, 0.717) is 6.42 Å². The van der Waals surface area contributed by atoms with Crippen molar-refractivity contribution in [2.24, 2.45) is 11.8 Å². The Morgan fingerprint density at radius 3 is 2.58 bits per heavy atom. The summed E-state index contributed by atoms with van der Waals surface area (Å²) in [6.45, 7) is 1.94. The second-order valence-electron chi connectivity index (χ2n) is 3.96. The lowest BCUT2D eigenvalue weighted by Gasteiger charge is -2.27. The Bertz CT molecular complexity index is 145. The summed E-state index contributed by atoms with van der Waals surface area (Å²) in [7, 11) is 0. The van der Waals surface area contributed by atoms with Crippen LogP contribution >= 0.6 is 0 Å². The average molecular weight is 174 g/mol. The van der Waals surface area contributed by atoms with Crippen molar-refractivity contribution in [3.05, 3.63) is 0 Å². The predicted octanol–water partition coefficient (Wildman–Crippen LogP) is 0.138. The van der Waals surface area contributed by atoms with Gasteiger partial charge in [0.1, 0.15) is 0 Å². The van der Waals surface area contributed by atoms with Crippen LogP contribution in [0.4, 0.5) is 0 Å². The van der Waals surface area contributed by atoms with Crippen LogP contribution < -0.4 is 0 Å². The van der Waals surface area contributed by atoms with Gasteiger partial charge in [0.05, 0.1) is 5.60 Å². The van der Waals surface area contributed by atoms with Crippen molar-refractivity contribution < 1.29 is 15.3 Å². The monoisotopic (exact) mass is 174 g/mol. The third-order valence-electron chi connectivity index (χ3n) is 3.09. The average Bonchev–Trinajstić information content (AvgIpc) is 2.27. The molecular weight excluding hydrogens is 156 g/mol. The fourth-order valence-corrected chi connectivity index (χ4v) is 2.23. The van der Waals surface area contributed by atoms with Crippen LogP contribution in [-0.4, -0.2) is 34.1 Å². The van der Waals surface area contributed by atoms with E-state index in [1.54, 1.807) is 6.92 Å². The van der Waals surface area contributed by atoms with Crippen LogP contribution in [0.25, 0.3) is 0 Å². The fourth-order valence-electron chi connectivity index (χ4n) is 2.23. The molecule has 3 unspecified atom stereocenters. The molecule has 12 heavy (non-hydrogen) atoms. The molecule has 0 saturated heterocycles. The van der Waals surface area contributed by atoms with E-state index in [9.17, 15) is 5.11 Å². The van der Waals surface area contributed by atoms with E-state index in [-0.39, 0.29) is 25.0 Å². The molecule has 0 aromatic carbocycles. The SMILES string of the molecule is CC1(O)CCC(CCO)C1CO. The molecule has 3 N–H and O–H groups in total. The number of aliphatic hydroxyl groups excluding tert-OH is 2. The van der Waals surface area contributed by atoms with E-state index in [1.165, 1.54) is 0 Å². The van der Waals surface area contributed by atoms with Crippen LogP contribution in [0, 0.1) is 11.8 Å². The molecule has 3 nitrogen and oxygen atoms in total. The lowest BCUT2D eigenvalue weighted by molar-refractivity contribution is -0.0170. The molecule has 0 amide bonds. The zero-order valence-corrected chi connectivity index (χ0v) is 7.53. The molecule has 0 bridgehead atoms. The fraction of sp³-hybridized carbons (Fsp3) is 1.00. The molecule has 0 aromatic rings. The molecular formula is C9H18O3. The Balaban J connectivity index is 2.56. The minimum atomic E-state index is -0.728. The van der Waals surface area contributed by atoms with Crippen molar-refractivity contribution in [3.63, 3.8) is 0 Å². The highest BCUT2D eigenvalue weighted by Crippen LogP contribution is 2.41. The maximum Gasteiger partial charge on any atom is 0.0672 e. The zero-order valence-electron chi connectivity index (χ0n) is 7.53. The largest absolute Gasteiger partial charge is 0.396 e. The molecule has 1 aliphatic carbocycles. The van der Waals surface area contributed by atoms with E-state index >= 15 is 0 Å². The summed E-state index contributed by atoms with van der Waals surface area (Å²) in [4.78, 5) is 0. The first-order valence-electron chi connectivity index (χ1n) is 4.56. The van der Waals surface area contributed by atoms with Gasteiger partial charge < -0.3 is 15.3 Å². The first-order chi connectivity index (χ1) is 5.61. The van der Waals surface area contributed by atoms with Crippen LogP contribution in [0.5, 0.6) is 0 Å². The highest BCUT2D eigenvalue weighted by Gasteiger charge is 2.42. The lowest BCUT2D eigenvalue weighted by Crippen LogP contribution is -2.34. The molecule has 3 heteroatoms. The molecule has 0 radical (unpaired) electrons. The van der Waals surface area contributed by atoms with Gasteiger partial charge in [0, 0.05) is 19.1 Å². The summed E-state index contributed by atoms with van der Waals surface area (Å²) in [6, 6.07) is 0. The summed E-state index contributed by atoms with van der Waals surface area (Å²) in [5.74, 6) is 0.236. The van der Waals surface area contributed by atoms with Crippen LogP contribution in [0.1, 0.15) is 26.2 Å². The summed E-state index contributed by atoms with van der Waals surface area (Å²) < 4.78 is 0. The summed E-state index contributed by atoms with van der Waals surface area (Å²) in [5.41, 5.74) is -0.728. The maximum atomic E-state index is 9.81. The predicted molar refractivity (Wildman–Crippen MR) is 45.6 cm³/mol. The van der Waals surface area contributed by atoms with E-state index in [0.717, 1.165) is 12.8 Å². The smallest absolute Gasteiger partial charge is 0.0672 e. The van der Waals surface area contributed by atoms with Gasteiger partial charge in [-0.15, -0.1) is 0 Å². The number of rotatable bonds is 3. The highest BCUT2D eigenvalue weighted by molar-refractivity contribution is 4.93. The Morgan fingerprint density at radius 2 is 2.08 bits per heavy atom. The number of aliphatic hydroxyl groups is 3. The minimum absolute atomic E-state index is 0.0255. The van der Waals surface area contributed by atoms with Crippen LogP contribution in [0.15, 0.2) is 0 Å². The van der Waals surface area contributed by atoms with Gasteiger partial charge in [0.15, 0.2) is 0 Å². The standard InChI is InChI=1S/C9H18O3/c1-9(12)4-2-7(3-5-10)8(9)6-11/h7-8,10-12H,2-6H2,1H3. The third-order valence-corrected chi connectivity index (χ3v) is 3.09. The van der Waals surface area contributed by atoms with Crippen molar-refractivity contribution in [1.82, 2.24) is 0 Å². The molecule has 3 atom stereocenters.